The fourth-order valence-corrected chi connectivity index (χ4v) is 1.92. The molecule has 1 fully saturated rings. The summed E-state index contributed by atoms with van der Waals surface area (Å²) in [7, 11) is 0. The van der Waals surface area contributed by atoms with Gasteiger partial charge in [-0.1, -0.05) is 6.92 Å². The SMILES string of the molecule is CC(CN1CCCC(C)(F)C1)C(=O)O. The summed E-state index contributed by atoms with van der Waals surface area (Å²) in [6, 6.07) is 0. The van der Waals surface area contributed by atoms with E-state index in [9.17, 15) is 9.18 Å². The minimum absolute atomic E-state index is 0.366. The van der Waals surface area contributed by atoms with Crippen molar-refractivity contribution < 1.29 is 14.3 Å². The Labute approximate surface area is 83.9 Å². The van der Waals surface area contributed by atoms with Crippen LogP contribution < -0.4 is 0 Å². The van der Waals surface area contributed by atoms with E-state index in [4.69, 9.17) is 5.11 Å². The van der Waals surface area contributed by atoms with Gasteiger partial charge in [0.05, 0.1) is 5.92 Å². The number of nitrogens with zero attached hydrogens (tertiary/aromatic N) is 1. The quantitative estimate of drug-likeness (QED) is 0.756. The summed E-state index contributed by atoms with van der Waals surface area (Å²) in [5.41, 5.74) is -1.14. The summed E-state index contributed by atoms with van der Waals surface area (Å²) in [5, 5.41) is 8.72. The first kappa shape index (κ1) is 11.4. The molecule has 0 aromatic carbocycles. The molecule has 0 radical (unpaired) electrons. The van der Waals surface area contributed by atoms with Crippen molar-refractivity contribution in [1.82, 2.24) is 4.90 Å². The number of rotatable bonds is 3. The average Bonchev–Trinajstić information content (AvgIpc) is 2.01. The zero-order valence-electron chi connectivity index (χ0n) is 8.79. The summed E-state index contributed by atoms with van der Waals surface area (Å²) in [6.45, 7) is 4.88. The molecule has 14 heavy (non-hydrogen) atoms. The van der Waals surface area contributed by atoms with E-state index >= 15 is 0 Å². The maximum absolute atomic E-state index is 13.6. The summed E-state index contributed by atoms with van der Waals surface area (Å²) < 4.78 is 13.6. The fraction of sp³-hybridized carbons (Fsp3) is 0.900. The number of halogens is 1. The molecule has 0 aliphatic carbocycles. The molecule has 0 aromatic rings. The van der Waals surface area contributed by atoms with Crippen LogP contribution in [0.3, 0.4) is 0 Å². The van der Waals surface area contributed by atoms with Crippen molar-refractivity contribution in [1.29, 1.82) is 0 Å². The number of piperidine rings is 1. The standard InChI is InChI=1S/C10H18FNO2/c1-8(9(13)14)6-12-5-3-4-10(2,11)7-12/h8H,3-7H2,1-2H3,(H,13,14). The number of carboxylic acids is 1. The van der Waals surface area contributed by atoms with Crippen molar-refractivity contribution in [3.05, 3.63) is 0 Å². The Morgan fingerprint density at radius 1 is 1.71 bits per heavy atom. The predicted molar refractivity (Wildman–Crippen MR) is 52.0 cm³/mol. The summed E-state index contributed by atoms with van der Waals surface area (Å²) in [6.07, 6.45) is 1.41. The topological polar surface area (TPSA) is 40.5 Å². The Bertz CT molecular complexity index is 218. The number of hydrogen-bond acceptors (Lipinski definition) is 2. The van der Waals surface area contributed by atoms with Crippen LogP contribution in [-0.2, 0) is 4.79 Å². The molecule has 1 rings (SSSR count). The molecular weight excluding hydrogens is 185 g/mol. The normalized spacial score (nSPS) is 31.4. The number of hydrogen-bond donors (Lipinski definition) is 1. The highest BCUT2D eigenvalue weighted by atomic mass is 19.1. The summed E-state index contributed by atoms with van der Waals surface area (Å²) >= 11 is 0. The number of carboxylic acid groups (broad SMARTS) is 1. The molecule has 0 spiro atoms. The Hall–Kier alpha value is -0.640. The molecule has 1 aliphatic rings. The second-order valence-corrected chi connectivity index (χ2v) is 4.49. The third-order valence-corrected chi connectivity index (χ3v) is 2.68. The molecule has 82 valence electrons. The van der Waals surface area contributed by atoms with Crippen LogP contribution >= 0.6 is 0 Å². The van der Waals surface area contributed by atoms with Gasteiger partial charge in [0.1, 0.15) is 5.67 Å². The Morgan fingerprint density at radius 2 is 2.36 bits per heavy atom. The van der Waals surface area contributed by atoms with Gasteiger partial charge in [-0.2, -0.15) is 0 Å². The van der Waals surface area contributed by atoms with Crippen molar-refractivity contribution in [2.24, 2.45) is 5.92 Å². The minimum Gasteiger partial charge on any atom is -0.481 e. The van der Waals surface area contributed by atoms with Crippen molar-refractivity contribution in [3.63, 3.8) is 0 Å². The van der Waals surface area contributed by atoms with Crippen molar-refractivity contribution in [2.75, 3.05) is 19.6 Å². The maximum Gasteiger partial charge on any atom is 0.307 e. The highest BCUT2D eigenvalue weighted by Crippen LogP contribution is 2.24. The van der Waals surface area contributed by atoms with Gasteiger partial charge in [-0.15, -0.1) is 0 Å². The lowest BCUT2D eigenvalue weighted by Crippen LogP contribution is -2.45. The van der Waals surface area contributed by atoms with E-state index in [1.807, 2.05) is 4.90 Å². The lowest BCUT2D eigenvalue weighted by molar-refractivity contribution is -0.142. The van der Waals surface area contributed by atoms with Crippen LogP contribution in [0.15, 0.2) is 0 Å². The number of aliphatic carboxylic acids is 1. The molecule has 2 atom stereocenters. The molecule has 0 saturated carbocycles. The number of likely N-dealkylation sites (tertiary alicyclic amines) is 1. The van der Waals surface area contributed by atoms with E-state index < -0.39 is 17.6 Å². The van der Waals surface area contributed by atoms with Gasteiger partial charge < -0.3 is 5.11 Å². The Morgan fingerprint density at radius 3 is 2.86 bits per heavy atom. The smallest absolute Gasteiger partial charge is 0.307 e. The van der Waals surface area contributed by atoms with Crippen molar-refractivity contribution in [3.8, 4) is 0 Å². The monoisotopic (exact) mass is 203 g/mol. The van der Waals surface area contributed by atoms with Crippen LogP contribution in [0.1, 0.15) is 26.7 Å². The van der Waals surface area contributed by atoms with Crippen LogP contribution in [0, 0.1) is 5.92 Å². The number of carbonyl (C=O) groups is 1. The first-order valence-electron chi connectivity index (χ1n) is 5.05. The maximum atomic E-state index is 13.6. The first-order valence-corrected chi connectivity index (χ1v) is 5.05. The largest absolute Gasteiger partial charge is 0.481 e. The van der Waals surface area contributed by atoms with E-state index in [0.717, 1.165) is 13.0 Å². The molecule has 1 N–H and O–H groups in total. The van der Waals surface area contributed by atoms with Gasteiger partial charge in [0.25, 0.3) is 0 Å². The highest BCUT2D eigenvalue weighted by Gasteiger charge is 2.31. The Kier molecular flexibility index (Phi) is 3.48. The minimum atomic E-state index is -1.14. The van der Waals surface area contributed by atoms with Gasteiger partial charge in [0, 0.05) is 13.1 Å². The van der Waals surface area contributed by atoms with Gasteiger partial charge in [-0.3, -0.25) is 9.69 Å². The van der Waals surface area contributed by atoms with E-state index in [1.165, 1.54) is 0 Å². The second kappa shape index (κ2) is 4.26. The fourth-order valence-electron chi connectivity index (χ4n) is 1.92. The molecule has 4 heteroatoms. The predicted octanol–water partition coefficient (Wildman–Crippen LogP) is 1.53. The van der Waals surface area contributed by atoms with Crippen LogP contribution in [0.2, 0.25) is 0 Å². The summed E-state index contributed by atoms with van der Waals surface area (Å²) in [5.74, 6) is -1.22. The molecule has 0 amide bonds. The van der Waals surface area contributed by atoms with Crippen molar-refractivity contribution in [2.45, 2.75) is 32.4 Å². The van der Waals surface area contributed by atoms with Crippen molar-refractivity contribution >= 4 is 5.97 Å². The third kappa shape index (κ3) is 3.25. The van der Waals surface area contributed by atoms with Gasteiger partial charge in [0.2, 0.25) is 0 Å². The van der Waals surface area contributed by atoms with Gasteiger partial charge in [-0.25, -0.2) is 4.39 Å². The first-order chi connectivity index (χ1) is 6.41. The van der Waals surface area contributed by atoms with Gasteiger partial charge in [0.15, 0.2) is 0 Å². The van der Waals surface area contributed by atoms with Crippen LogP contribution in [-0.4, -0.2) is 41.3 Å². The van der Waals surface area contributed by atoms with Crippen LogP contribution in [0.4, 0.5) is 4.39 Å². The highest BCUT2D eigenvalue weighted by molar-refractivity contribution is 5.69. The molecular formula is C10H18FNO2. The van der Waals surface area contributed by atoms with E-state index in [-0.39, 0.29) is 0 Å². The van der Waals surface area contributed by atoms with Crippen LogP contribution in [0.25, 0.3) is 0 Å². The molecule has 1 saturated heterocycles. The molecule has 0 aromatic heterocycles. The van der Waals surface area contributed by atoms with E-state index in [0.29, 0.717) is 19.5 Å². The Balaban J connectivity index is 2.42. The molecule has 2 unspecified atom stereocenters. The average molecular weight is 203 g/mol. The molecule has 0 bridgehead atoms. The van der Waals surface area contributed by atoms with Gasteiger partial charge >= 0.3 is 5.97 Å². The zero-order valence-corrected chi connectivity index (χ0v) is 8.79. The van der Waals surface area contributed by atoms with Gasteiger partial charge in [-0.05, 0) is 26.3 Å². The lowest BCUT2D eigenvalue weighted by Gasteiger charge is -2.35. The van der Waals surface area contributed by atoms with E-state index in [2.05, 4.69) is 0 Å². The third-order valence-electron chi connectivity index (χ3n) is 2.68. The number of alkyl halides is 1. The molecule has 3 nitrogen and oxygen atoms in total. The summed E-state index contributed by atoms with van der Waals surface area (Å²) in [4.78, 5) is 12.5. The molecule has 1 aliphatic heterocycles. The van der Waals surface area contributed by atoms with Crippen LogP contribution in [0.5, 0.6) is 0 Å². The van der Waals surface area contributed by atoms with E-state index in [1.54, 1.807) is 13.8 Å². The molecule has 1 heterocycles. The second-order valence-electron chi connectivity index (χ2n) is 4.49. The zero-order chi connectivity index (χ0) is 10.8. The lowest BCUT2D eigenvalue weighted by atomic mass is 9.96.